The number of benzene rings is 6. The van der Waals surface area contributed by atoms with Crippen LogP contribution >= 0.6 is 0 Å². The predicted octanol–water partition coefficient (Wildman–Crippen LogP) is 8.73. The summed E-state index contributed by atoms with van der Waals surface area (Å²) in [6.07, 6.45) is 0. The second kappa shape index (κ2) is 7.75. The number of hydrogen-bond acceptors (Lipinski definition) is 2. The molecule has 0 saturated heterocycles. The second-order valence-corrected chi connectivity index (χ2v) is 9.07. The number of hydrogen-bond donors (Lipinski definition) is 0. The van der Waals surface area contributed by atoms with Gasteiger partial charge in [-0.05, 0) is 68.2 Å². The predicted molar refractivity (Wildman–Crippen MR) is 148 cm³/mol. The Bertz CT molecular complexity index is 1780. The van der Waals surface area contributed by atoms with Crippen LogP contribution in [-0.4, -0.2) is 9.97 Å². The first-order valence-corrected chi connectivity index (χ1v) is 11.9. The summed E-state index contributed by atoms with van der Waals surface area (Å²) in [6.45, 7) is 1.99. The van der Waals surface area contributed by atoms with E-state index >= 15 is 0 Å². The zero-order chi connectivity index (χ0) is 23.4. The van der Waals surface area contributed by atoms with Gasteiger partial charge in [-0.15, -0.1) is 0 Å². The van der Waals surface area contributed by atoms with Crippen molar-refractivity contribution in [3.8, 4) is 22.5 Å². The van der Waals surface area contributed by atoms with Crippen LogP contribution in [0.1, 0.15) is 5.82 Å². The minimum atomic E-state index is 0.770. The molecule has 2 nitrogen and oxygen atoms in total. The van der Waals surface area contributed by atoms with E-state index in [9.17, 15) is 0 Å². The molecule has 0 spiro atoms. The molecule has 2 heteroatoms. The highest BCUT2D eigenvalue weighted by Gasteiger charge is 2.14. The van der Waals surface area contributed by atoms with Crippen molar-refractivity contribution < 1.29 is 0 Å². The van der Waals surface area contributed by atoms with Crippen molar-refractivity contribution in [3.63, 3.8) is 0 Å². The van der Waals surface area contributed by atoms with E-state index in [0.29, 0.717) is 0 Å². The monoisotopic (exact) mass is 446 g/mol. The molecule has 7 aromatic rings. The van der Waals surface area contributed by atoms with Crippen LogP contribution in [0.5, 0.6) is 0 Å². The summed E-state index contributed by atoms with van der Waals surface area (Å²) in [4.78, 5) is 9.84. The lowest BCUT2D eigenvalue weighted by molar-refractivity contribution is 1.07. The number of aryl methyl sites for hydroxylation is 1. The minimum absolute atomic E-state index is 0.770. The van der Waals surface area contributed by atoms with Gasteiger partial charge >= 0.3 is 0 Å². The average Bonchev–Trinajstić information content (AvgIpc) is 2.92. The van der Waals surface area contributed by atoms with Gasteiger partial charge in [-0.1, -0.05) is 97.1 Å². The maximum absolute atomic E-state index is 4.92. The molecule has 0 unspecified atom stereocenters. The summed E-state index contributed by atoms with van der Waals surface area (Å²) in [5, 5.41) is 9.86. The van der Waals surface area contributed by atoms with Crippen LogP contribution in [0.25, 0.3) is 65.6 Å². The Labute approximate surface area is 203 Å². The molecule has 0 saturated carbocycles. The van der Waals surface area contributed by atoms with Crippen LogP contribution in [0.3, 0.4) is 0 Å². The summed E-state index contributed by atoms with van der Waals surface area (Å²) >= 11 is 0. The molecule has 1 heterocycles. The Morgan fingerprint density at radius 1 is 0.400 bits per heavy atom. The lowest BCUT2D eigenvalue weighted by atomic mass is 9.93. The van der Waals surface area contributed by atoms with Gasteiger partial charge in [-0.25, -0.2) is 9.97 Å². The molecule has 0 radical (unpaired) electrons. The number of fused-ring (bicyclic) bond motifs is 6. The Morgan fingerprint density at radius 3 is 1.23 bits per heavy atom. The molecule has 0 fully saturated rings. The summed E-state index contributed by atoms with van der Waals surface area (Å²) in [7, 11) is 0. The molecule has 7 rings (SSSR count). The van der Waals surface area contributed by atoms with Crippen LogP contribution in [-0.2, 0) is 0 Å². The van der Waals surface area contributed by atoms with Gasteiger partial charge in [-0.3, -0.25) is 0 Å². The first-order chi connectivity index (χ1) is 17.3. The third-order valence-electron chi connectivity index (χ3n) is 6.93. The van der Waals surface area contributed by atoms with Gasteiger partial charge in [0, 0.05) is 11.1 Å². The Morgan fingerprint density at radius 2 is 0.771 bits per heavy atom. The average molecular weight is 447 g/mol. The first-order valence-electron chi connectivity index (χ1n) is 11.9. The van der Waals surface area contributed by atoms with Gasteiger partial charge < -0.3 is 0 Å². The number of nitrogens with zero attached hydrogens (tertiary/aromatic N) is 2. The van der Waals surface area contributed by atoms with Crippen molar-refractivity contribution in [1.82, 2.24) is 9.97 Å². The normalized spacial score (nSPS) is 11.6. The molecule has 0 aliphatic heterocycles. The molecular weight excluding hydrogens is 424 g/mol. The number of aromatic nitrogens is 2. The van der Waals surface area contributed by atoms with E-state index in [-0.39, 0.29) is 0 Å². The van der Waals surface area contributed by atoms with Crippen LogP contribution < -0.4 is 0 Å². The van der Waals surface area contributed by atoms with Crippen LogP contribution in [0, 0.1) is 6.92 Å². The van der Waals surface area contributed by atoms with Crippen molar-refractivity contribution >= 4 is 43.1 Å². The van der Waals surface area contributed by atoms with E-state index in [2.05, 4.69) is 115 Å². The third-order valence-corrected chi connectivity index (χ3v) is 6.93. The smallest absolute Gasteiger partial charge is 0.126 e. The summed E-state index contributed by atoms with van der Waals surface area (Å²) < 4.78 is 0. The van der Waals surface area contributed by atoms with E-state index in [0.717, 1.165) is 28.3 Å². The fourth-order valence-corrected chi connectivity index (χ4v) is 5.38. The molecule has 0 amide bonds. The van der Waals surface area contributed by atoms with Crippen molar-refractivity contribution in [1.29, 1.82) is 0 Å². The van der Waals surface area contributed by atoms with Crippen LogP contribution in [0.2, 0.25) is 0 Å². The van der Waals surface area contributed by atoms with E-state index in [4.69, 9.17) is 9.97 Å². The zero-order valence-electron chi connectivity index (χ0n) is 19.4. The maximum atomic E-state index is 4.92. The second-order valence-electron chi connectivity index (χ2n) is 9.07. The molecule has 0 aliphatic rings. The maximum Gasteiger partial charge on any atom is 0.126 e. The standard InChI is InChI=1S/C33H22N2/c1-21-34-32(30-18-22-10-2-4-12-24(22)26-14-6-8-16-28(26)30)20-33(35-21)31-19-23-11-3-5-13-25(23)27-15-7-9-17-29(27)31/h2-20H,1H3. The van der Waals surface area contributed by atoms with Crippen LogP contribution in [0.15, 0.2) is 115 Å². The third kappa shape index (κ3) is 3.18. The van der Waals surface area contributed by atoms with Crippen LogP contribution in [0.4, 0.5) is 0 Å². The molecule has 0 N–H and O–H groups in total. The van der Waals surface area contributed by atoms with Gasteiger partial charge in [0.1, 0.15) is 5.82 Å². The molecule has 6 aromatic carbocycles. The van der Waals surface area contributed by atoms with Gasteiger partial charge in [0.15, 0.2) is 0 Å². The fraction of sp³-hybridized carbons (Fsp3) is 0.0303. The lowest BCUT2D eigenvalue weighted by Crippen LogP contribution is -1.96. The van der Waals surface area contributed by atoms with Crippen molar-refractivity contribution in [2.24, 2.45) is 0 Å². The Kier molecular flexibility index (Phi) is 4.40. The SMILES string of the molecule is Cc1nc(-c2cc3ccccc3c3ccccc23)cc(-c2cc3ccccc3c3ccccc23)n1. The van der Waals surface area contributed by atoms with Gasteiger partial charge in [0.2, 0.25) is 0 Å². The summed E-state index contributed by atoms with van der Waals surface area (Å²) in [5.74, 6) is 0.770. The van der Waals surface area contributed by atoms with Crippen molar-refractivity contribution in [3.05, 3.63) is 121 Å². The first kappa shape index (κ1) is 19.9. The van der Waals surface area contributed by atoms with E-state index in [1.165, 1.54) is 43.1 Å². The molecule has 1 aromatic heterocycles. The Balaban J connectivity index is 1.54. The largest absolute Gasteiger partial charge is 0.233 e. The summed E-state index contributed by atoms with van der Waals surface area (Å²) in [5.41, 5.74) is 4.17. The van der Waals surface area contributed by atoms with E-state index < -0.39 is 0 Å². The molecule has 35 heavy (non-hydrogen) atoms. The Hall–Kier alpha value is -4.56. The highest BCUT2D eigenvalue weighted by atomic mass is 14.9. The molecule has 164 valence electrons. The van der Waals surface area contributed by atoms with Gasteiger partial charge in [0.05, 0.1) is 11.4 Å². The highest BCUT2D eigenvalue weighted by molar-refractivity contribution is 6.15. The zero-order valence-corrected chi connectivity index (χ0v) is 19.4. The highest BCUT2D eigenvalue weighted by Crippen LogP contribution is 2.38. The van der Waals surface area contributed by atoms with Gasteiger partial charge in [0.25, 0.3) is 0 Å². The minimum Gasteiger partial charge on any atom is -0.233 e. The summed E-state index contributed by atoms with van der Waals surface area (Å²) in [6, 6.07) is 41.0. The topological polar surface area (TPSA) is 25.8 Å². The fourth-order valence-electron chi connectivity index (χ4n) is 5.38. The molecule has 0 aliphatic carbocycles. The van der Waals surface area contributed by atoms with Gasteiger partial charge in [-0.2, -0.15) is 0 Å². The molecular formula is C33H22N2. The lowest BCUT2D eigenvalue weighted by Gasteiger charge is -2.14. The van der Waals surface area contributed by atoms with Crippen molar-refractivity contribution in [2.75, 3.05) is 0 Å². The number of rotatable bonds is 2. The van der Waals surface area contributed by atoms with E-state index in [1.807, 2.05) is 6.92 Å². The molecule has 0 bridgehead atoms. The van der Waals surface area contributed by atoms with E-state index in [1.54, 1.807) is 0 Å². The quantitative estimate of drug-likeness (QED) is 0.248. The van der Waals surface area contributed by atoms with Crippen molar-refractivity contribution in [2.45, 2.75) is 6.92 Å². The molecule has 0 atom stereocenters.